The highest BCUT2D eigenvalue weighted by Gasteiger charge is 2.31. The van der Waals surface area contributed by atoms with E-state index < -0.39 is 10.0 Å². The minimum Gasteiger partial charge on any atom is -0.379 e. The van der Waals surface area contributed by atoms with E-state index in [1.54, 1.807) is 16.4 Å². The molecular weight excluding hydrogens is 438 g/mol. The van der Waals surface area contributed by atoms with Crippen molar-refractivity contribution in [2.75, 3.05) is 44.7 Å². The van der Waals surface area contributed by atoms with Gasteiger partial charge in [-0.25, -0.2) is 8.42 Å². The average molecular weight is 472 g/mol. The highest BCUT2D eigenvalue weighted by atomic mass is 32.2. The van der Waals surface area contributed by atoms with E-state index in [-0.39, 0.29) is 10.8 Å². The Bertz CT molecular complexity index is 1060. The van der Waals surface area contributed by atoms with Crippen molar-refractivity contribution in [3.05, 3.63) is 59.7 Å². The Morgan fingerprint density at radius 1 is 1.03 bits per heavy atom. The maximum Gasteiger partial charge on any atom is 0.255 e. The first-order valence-corrected chi connectivity index (χ1v) is 13.1. The molecule has 2 aliphatic rings. The predicted molar refractivity (Wildman–Crippen MR) is 129 cm³/mol. The molecule has 1 N–H and O–H groups in total. The maximum absolute atomic E-state index is 13.1. The lowest BCUT2D eigenvalue weighted by atomic mass is 9.94. The molecule has 1 amide bonds. The van der Waals surface area contributed by atoms with Crippen LogP contribution >= 0.6 is 0 Å². The van der Waals surface area contributed by atoms with Crippen molar-refractivity contribution in [3.63, 3.8) is 0 Å². The first-order valence-electron chi connectivity index (χ1n) is 11.6. The summed E-state index contributed by atoms with van der Waals surface area (Å²) in [6.45, 7) is 9.36. The van der Waals surface area contributed by atoms with E-state index in [0.717, 1.165) is 50.5 Å². The molecule has 0 aliphatic carbocycles. The van der Waals surface area contributed by atoms with Crippen molar-refractivity contribution in [3.8, 4) is 0 Å². The molecule has 2 saturated heterocycles. The highest BCUT2D eigenvalue weighted by molar-refractivity contribution is 7.89. The van der Waals surface area contributed by atoms with Crippen molar-refractivity contribution in [1.29, 1.82) is 0 Å². The Morgan fingerprint density at radius 3 is 2.36 bits per heavy atom. The van der Waals surface area contributed by atoms with E-state index in [9.17, 15) is 13.2 Å². The molecule has 2 fully saturated rings. The number of ether oxygens (including phenoxy) is 1. The average Bonchev–Trinajstić information content (AvgIpc) is 2.79. The molecular formula is C25H33N3O4S. The van der Waals surface area contributed by atoms with Crippen LogP contribution in [0, 0.1) is 11.8 Å². The third-order valence-corrected chi connectivity index (χ3v) is 8.13. The lowest BCUT2D eigenvalue weighted by molar-refractivity contribution is 0.0342. The summed E-state index contributed by atoms with van der Waals surface area (Å²) >= 11 is 0. The smallest absolute Gasteiger partial charge is 0.255 e. The lowest BCUT2D eigenvalue weighted by Gasteiger charge is -2.34. The summed E-state index contributed by atoms with van der Waals surface area (Å²) in [5.74, 6) is 0.419. The second-order valence-electron chi connectivity index (χ2n) is 9.34. The van der Waals surface area contributed by atoms with Crippen LogP contribution in [0.15, 0.2) is 53.4 Å². The normalized spacial score (nSPS) is 22.7. The van der Waals surface area contributed by atoms with Gasteiger partial charge in [0.25, 0.3) is 5.91 Å². The van der Waals surface area contributed by atoms with Crippen molar-refractivity contribution < 1.29 is 17.9 Å². The number of rotatable bonds is 6. The SMILES string of the molecule is CC1CC(C)CN(S(=O)(=O)c2ccc(C(=O)Nc3cccc(CN4CCOCC4)c3)cc2)C1. The van der Waals surface area contributed by atoms with Crippen LogP contribution in [0.2, 0.25) is 0 Å². The molecule has 8 heteroatoms. The molecule has 0 bridgehead atoms. The number of hydrogen-bond acceptors (Lipinski definition) is 5. The predicted octanol–water partition coefficient (Wildman–Crippen LogP) is 3.44. The Kier molecular flexibility index (Phi) is 7.48. The number of amides is 1. The minimum absolute atomic E-state index is 0.229. The van der Waals surface area contributed by atoms with Crippen molar-refractivity contribution in [2.45, 2.75) is 31.7 Å². The quantitative estimate of drug-likeness (QED) is 0.698. The first-order chi connectivity index (χ1) is 15.8. The summed E-state index contributed by atoms with van der Waals surface area (Å²) in [7, 11) is -3.56. The summed E-state index contributed by atoms with van der Waals surface area (Å²) < 4.78 is 33.1. The maximum atomic E-state index is 13.1. The molecule has 2 unspecified atom stereocenters. The first kappa shape index (κ1) is 23.9. The molecule has 2 aromatic carbocycles. The Labute approximate surface area is 196 Å². The summed E-state index contributed by atoms with van der Waals surface area (Å²) in [4.78, 5) is 15.3. The number of nitrogens with zero attached hydrogens (tertiary/aromatic N) is 2. The monoisotopic (exact) mass is 471 g/mol. The van der Waals surface area contributed by atoms with Crippen molar-refractivity contribution >= 4 is 21.6 Å². The van der Waals surface area contributed by atoms with Gasteiger partial charge in [0, 0.05) is 44.0 Å². The fourth-order valence-corrected chi connectivity index (χ4v) is 6.38. The molecule has 2 atom stereocenters. The molecule has 2 aliphatic heterocycles. The van der Waals surface area contributed by atoms with Crippen LogP contribution in [0.4, 0.5) is 5.69 Å². The summed E-state index contributed by atoms with van der Waals surface area (Å²) in [5.41, 5.74) is 2.27. The minimum atomic E-state index is -3.56. The van der Waals surface area contributed by atoms with E-state index in [1.165, 1.54) is 12.1 Å². The van der Waals surface area contributed by atoms with Crippen LogP contribution in [0.25, 0.3) is 0 Å². The number of anilines is 1. The van der Waals surface area contributed by atoms with Crippen LogP contribution in [-0.2, 0) is 21.3 Å². The Hall–Kier alpha value is -2.26. The van der Waals surface area contributed by atoms with Gasteiger partial charge in [-0.1, -0.05) is 26.0 Å². The fourth-order valence-electron chi connectivity index (χ4n) is 4.70. The molecule has 0 radical (unpaired) electrons. The van der Waals surface area contributed by atoms with Gasteiger partial charge in [-0.05, 0) is 60.2 Å². The largest absolute Gasteiger partial charge is 0.379 e. The van der Waals surface area contributed by atoms with Crippen LogP contribution < -0.4 is 5.32 Å². The number of hydrogen-bond donors (Lipinski definition) is 1. The van der Waals surface area contributed by atoms with Crippen LogP contribution in [0.1, 0.15) is 36.2 Å². The molecule has 7 nitrogen and oxygen atoms in total. The lowest BCUT2D eigenvalue weighted by Crippen LogP contribution is -2.42. The standard InChI is InChI=1S/C25H33N3O4S/c1-19-14-20(2)17-28(16-19)33(30,31)24-8-6-22(7-9-24)25(29)26-23-5-3-4-21(15-23)18-27-10-12-32-13-11-27/h3-9,15,19-20H,10-14,16-18H2,1-2H3,(H,26,29). The zero-order valence-electron chi connectivity index (χ0n) is 19.4. The van der Waals surface area contributed by atoms with Crippen molar-refractivity contribution in [2.24, 2.45) is 11.8 Å². The van der Waals surface area contributed by atoms with Gasteiger partial charge >= 0.3 is 0 Å². The number of carbonyl (C=O) groups is 1. The van der Waals surface area contributed by atoms with E-state index in [2.05, 4.69) is 24.1 Å². The van der Waals surface area contributed by atoms with E-state index in [4.69, 9.17) is 4.74 Å². The molecule has 0 spiro atoms. The zero-order valence-corrected chi connectivity index (χ0v) is 20.2. The molecule has 0 aromatic heterocycles. The number of nitrogens with one attached hydrogen (secondary N) is 1. The molecule has 0 saturated carbocycles. The van der Waals surface area contributed by atoms with Gasteiger partial charge in [-0.2, -0.15) is 4.31 Å². The van der Waals surface area contributed by atoms with Gasteiger partial charge in [-0.15, -0.1) is 0 Å². The summed E-state index contributed by atoms with van der Waals surface area (Å²) in [5, 5.41) is 2.93. The van der Waals surface area contributed by atoms with Gasteiger partial charge < -0.3 is 10.1 Å². The second kappa shape index (κ2) is 10.3. The molecule has 33 heavy (non-hydrogen) atoms. The Morgan fingerprint density at radius 2 is 1.70 bits per heavy atom. The van der Waals surface area contributed by atoms with Gasteiger partial charge in [0.15, 0.2) is 0 Å². The van der Waals surface area contributed by atoms with E-state index >= 15 is 0 Å². The van der Waals surface area contributed by atoms with Gasteiger partial charge in [0.2, 0.25) is 10.0 Å². The van der Waals surface area contributed by atoms with Crippen molar-refractivity contribution in [1.82, 2.24) is 9.21 Å². The number of sulfonamides is 1. The van der Waals surface area contributed by atoms with Crippen LogP contribution in [0.3, 0.4) is 0 Å². The highest BCUT2D eigenvalue weighted by Crippen LogP contribution is 2.27. The molecule has 2 aromatic rings. The summed E-state index contributed by atoms with van der Waals surface area (Å²) in [6, 6.07) is 14.0. The third-order valence-electron chi connectivity index (χ3n) is 6.28. The number of morpholine rings is 1. The molecule has 2 heterocycles. The Balaban J connectivity index is 1.41. The number of carbonyl (C=O) groups excluding carboxylic acids is 1. The van der Waals surface area contributed by atoms with Crippen LogP contribution in [-0.4, -0.2) is 62.9 Å². The topological polar surface area (TPSA) is 79.0 Å². The number of piperidine rings is 1. The third kappa shape index (κ3) is 6.00. The van der Waals surface area contributed by atoms with Crippen LogP contribution in [0.5, 0.6) is 0 Å². The second-order valence-corrected chi connectivity index (χ2v) is 11.3. The summed E-state index contributed by atoms with van der Waals surface area (Å²) in [6.07, 6.45) is 1.04. The van der Waals surface area contributed by atoms with E-state index in [0.29, 0.717) is 30.5 Å². The van der Waals surface area contributed by atoms with E-state index in [1.807, 2.05) is 24.3 Å². The fraction of sp³-hybridized carbons (Fsp3) is 0.480. The van der Waals surface area contributed by atoms with Gasteiger partial charge in [0.1, 0.15) is 0 Å². The molecule has 4 rings (SSSR count). The van der Waals surface area contributed by atoms with Gasteiger partial charge in [0.05, 0.1) is 18.1 Å². The molecule has 178 valence electrons. The van der Waals surface area contributed by atoms with Gasteiger partial charge in [-0.3, -0.25) is 9.69 Å². The number of benzene rings is 2. The zero-order chi connectivity index (χ0) is 23.4.